The fraction of sp³-hybridized carbons (Fsp3) is 0.167. The van der Waals surface area contributed by atoms with Gasteiger partial charge in [0.15, 0.2) is 11.0 Å². The number of methoxy groups -OCH3 is 2. The molecule has 0 aliphatic rings. The number of nitrogens with zero attached hydrogens (tertiary/aromatic N) is 2. The van der Waals surface area contributed by atoms with Gasteiger partial charge in [-0.3, -0.25) is 9.59 Å². The molecule has 0 bridgehead atoms. The molecule has 8 heteroatoms. The molecule has 134 valence electrons. The van der Waals surface area contributed by atoms with Crippen molar-refractivity contribution >= 4 is 22.9 Å². The number of esters is 1. The molecule has 2 aromatic carbocycles. The number of rotatable bonds is 5. The first-order valence-corrected chi connectivity index (χ1v) is 7.74. The van der Waals surface area contributed by atoms with Crippen molar-refractivity contribution in [3.63, 3.8) is 0 Å². The van der Waals surface area contributed by atoms with E-state index < -0.39 is 11.9 Å². The van der Waals surface area contributed by atoms with Crippen LogP contribution in [0.1, 0.15) is 16.2 Å². The molecule has 0 saturated heterocycles. The lowest BCUT2D eigenvalue weighted by molar-refractivity contribution is -0.586. The summed E-state index contributed by atoms with van der Waals surface area (Å²) in [5.41, 5.74) is 6.94. The monoisotopic (exact) mass is 355 g/mol. The van der Waals surface area contributed by atoms with Crippen LogP contribution in [0.25, 0.3) is 16.7 Å². The van der Waals surface area contributed by atoms with Crippen LogP contribution in [0, 0.1) is 5.21 Å². The van der Waals surface area contributed by atoms with Gasteiger partial charge >= 0.3 is 5.97 Å². The summed E-state index contributed by atoms with van der Waals surface area (Å²) in [5.74, 6) is -0.370. The molecule has 26 heavy (non-hydrogen) atoms. The van der Waals surface area contributed by atoms with Crippen molar-refractivity contribution in [2.75, 3.05) is 14.2 Å². The van der Waals surface area contributed by atoms with Crippen molar-refractivity contribution in [2.45, 2.75) is 6.42 Å². The highest BCUT2D eigenvalue weighted by molar-refractivity contribution is 5.96. The smallest absolute Gasteiger partial charge is 0.317 e. The molecule has 1 aromatic heterocycles. The second kappa shape index (κ2) is 6.75. The highest BCUT2D eigenvalue weighted by Gasteiger charge is 2.26. The van der Waals surface area contributed by atoms with Gasteiger partial charge in [0, 0.05) is 11.6 Å². The first kappa shape index (κ1) is 17.3. The number of hydrogen-bond acceptors (Lipinski definition) is 5. The van der Waals surface area contributed by atoms with Crippen LogP contribution in [-0.2, 0) is 16.0 Å². The van der Waals surface area contributed by atoms with Crippen molar-refractivity contribution in [3.8, 4) is 11.4 Å². The summed E-state index contributed by atoms with van der Waals surface area (Å²) in [6.45, 7) is 0. The predicted molar refractivity (Wildman–Crippen MR) is 93.0 cm³/mol. The fourth-order valence-electron chi connectivity index (χ4n) is 2.77. The van der Waals surface area contributed by atoms with E-state index in [1.165, 1.54) is 19.2 Å². The van der Waals surface area contributed by atoms with Crippen LogP contribution in [-0.4, -0.2) is 30.7 Å². The molecule has 0 aliphatic carbocycles. The average molecular weight is 355 g/mol. The minimum atomic E-state index is -0.640. The SMILES string of the molecule is COC(=O)Cc1n(-c2ccc(OC)cc2)c2ccc(C(N)=O)cc2[n+]1[O-]. The predicted octanol–water partition coefficient (Wildman–Crippen LogP) is 1.09. The Labute approximate surface area is 148 Å². The van der Waals surface area contributed by atoms with E-state index in [1.54, 1.807) is 42.0 Å². The third kappa shape index (κ3) is 2.92. The number of hydrogen-bond donors (Lipinski definition) is 1. The van der Waals surface area contributed by atoms with Gasteiger partial charge in [0.05, 0.1) is 14.2 Å². The summed E-state index contributed by atoms with van der Waals surface area (Å²) >= 11 is 0. The molecular weight excluding hydrogens is 338 g/mol. The van der Waals surface area contributed by atoms with Crippen LogP contribution in [0.15, 0.2) is 42.5 Å². The van der Waals surface area contributed by atoms with Crippen LogP contribution in [0.2, 0.25) is 0 Å². The highest BCUT2D eigenvalue weighted by atomic mass is 16.5. The maximum Gasteiger partial charge on any atom is 0.317 e. The lowest BCUT2D eigenvalue weighted by atomic mass is 10.2. The van der Waals surface area contributed by atoms with E-state index in [1.807, 2.05) is 0 Å². The lowest BCUT2D eigenvalue weighted by Gasteiger charge is -2.06. The molecule has 0 unspecified atom stereocenters. The first-order chi connectivity index (χ1) is 12.5. The van der Waals surface area contributed by atoms with Crippen LogP contribution in [0.4, 0.5) is 0 Å². The van der Waals surface area contributed by atoms with Crippen molar-refractivity contribution < 1.29 is 23.8 Å². The average Bonchev–Trinajstić information content (AvgIpc) is 2.93. The largest absolute Gasteiger partial charge is 0.710 e. The number of imidazole rings is 1. The van der Waals surface area contributed by atoms with Gasteiger partial charge in [0.2, 0.25) is 5.91 Å². The van der Waals surface area contributed by atoms with Crippen molar-refractivity contribution in [3.05, 3.63) is 59.1 Å². The van der Waals surface area contributed by atoms with E-state index in [9.17, 15) is 14.8 Å². The topological polar surface area (TPSA) is 110 Å². The van der Waals surface area contributed by atoms with E-state index in [0.29, 0.717) is 21.7 Å². The number of primary amides is 1. The number of nitrogens with two attached hydrogens (primary N) is 1. The third-order valence-corrected chi connectivity index (χ3v) is 4.07. The van der Waals surface area contributed by atoms with E-state index in [-0.39, 0.29) is 23.3 Å². The number of amides is 1. The molecule has 8 nitrogen and oxygen atoms in total. The molecule has 0 spiro atoms. The second-order valence-corrected chi connectivity index (χ2v) is 5.56. The highest BCUT2D eigenvalue weighted by Crippen LogP contribution is 2.23. The van der Waals surface area contributed by atoms with Gasteiger partial charge in [0.1, 0.15) is 17.9 Å². The molecule has 0 fully saturated rings. The Hall–Kier alpha value is -3.55. The molecule has 3 aromatic rings. The van der Waals surface area contributed by atoms with Crippen LogP contribution in [0.3, 0.4) is 0 Å². The molecule has 0 aliphatic heterocycles. The third-order valence-electron chi connectivity index (χ3n) is 4.07. The lowest BCUT2D eigenvalue weighted by Crippen LogP contribution is -2.33. The van der Waals surface area contributed by atoms with Crippen molar-refractivity contribution in [1.82, 2.24) is 4.57 Å². The summed E-state index contributed by atoms with van der Waals surface area (Å²) < 4.78 is 12.1. The van der Waals surface area contributed by atoms with E-state index in [4.69, 9.17) is 15.2 Å². The summed E-state index contributed by atoms with van der Waals surface area (Å²) in [6, 6.07) is 11.6. The van der Waals surface area contributed by atoms with Crippen molar-refractivity contribution in [1.29, 1.82) is 0 Å². The Morgan fingerprint density at radius 3 is 2.42 bits per heavy atom. The van der Waals surface area contributed by atoms with Gasteiger partial charge in [-0.25, -0.2) is 4.73 Å². The van der Waals surface area contributed by atoms with E-state index in [0.717, 1.165) is 0 Å². The summed E-state index contributed by atoms with van der Waals surface area (Å²) in [7, 11) is 2.81. The molecule has 1 heterocycles. The maximum absolute atomic E-state index is 12.8. The first-order valence-electron chi connectivity index (χ1n) is 7.74. The quantitative estimate of drug-likeness (QED) is 0.418. The molecule has 1 amide bonds. The fourth-order valence-corrected chi connectivity index (χ4v) is 2.77. The van der Waals surface area contributed by atoms with Crippen LogP contribution in [0.5, 0.6) is 5.75 Å². The van der Waals surface area contributed by atoms with Crippen molar-refractivity contribution in [2.24, 2.45) is 5.73 Å². The molecular formula is C18H17N3O5. The molecule has 0 atom stereocenters. The zero-order chi connectivity index (χ0) is 18.8. The number of carbonyl (C=O) groups excluding carboxylic acids is 2. The summed E-state index contributed by atoms with van der Waals surface area (Å²) in [4.78, 5) is 23.2. The number of benzene rings is 2. The minimum Gasteiger partial charge on any atom is -0.710 e. The summed E-state index contributed by atoms with van der Waals surface area (Å²) in [6.07, 6.45) is -0.230. The molecule has 0 radical (unpaired) electrons. The van der Waals surface area contributed by atoms with Gasteiger partial charge in [-0.2, -0.15) is 4.57 Å². The number of aromatic nitrogens is 2. The number of carbonyl (C=O) groups is 2. The molecule has 2 N–H and O–H groups in total. The van der Waals surface area contributed by atoms with Gasteiger partial charge in [-0.05, 0) is 36.4 Å². The summed E-state index contributed by atoms with van der Waals surface area (Å²) in [5, 5.41) is 12.8. The van der Waals surface area contributed by atoms with Gasteiger partial charge in [0.25, 0.3) is 5.82 Å². The zero-order valence-corrected chi connectivity index (χ0v) is 14.3. The Morgan fingerprint density at radius 2 is 1.85 bits per heavy atom. The van der Waals surface area contributed by atoms with Gasteiger partial charge < -0.3 is 20.4 Å². The van der Waals surface area contributed by atoms with Gasteiger partial charge in [-0.15, -0.1) is 0 Å². The standard InChI is InChI=1S/C18H17N3O5/c1-25-13-6-4-12(5-7-13)20-14-8-3-11(18(19)23)9-15(14)21(24)16(20)10-17(22)26-2/h3-9H,10H2,1-2H3,(H2,19,23). The van der Waals surface area contributed by atoms with Crippen LogP contribution < -0.4 is 15.2 Å². The Balaban J connectivity index is 2.27. The minimum absolute atomic E-state index is 0.165. The Morgan fingerprint density at radius 1 is 1.15 bits per heavy atom. The Bertz CT molecular complexity index is 992. The molecule has 3 rings (SSSR count). The van der Waals surface area contributed by atoms with E-state index in [2.05, 4.69) is 0 Å². The number of fused-ring (bicyclic) bond motifs is 1. The Kier molecular flexibility index (Phi) is 4.49. The van der Waals surface area contributed by atoms with Gasteiger partial charge in [-0.1, -0.05) is 0 Å². The number of ether oxygens (including phenoxy) is 2. The maximum atomic E-state index is 12.8. The normalized spacial score (nSPS) is 10.7. The molecule has 0 saturated carbocycles. The van der Waals surface area contributed by atoms with E-state index >= 15 is 0 Å². The zero-order valence-electron chi connectivity index (χ0n) is 14.3. The second-order valence-electron chi connectivity index (χ2n) is 5.56. The van der Waals surface area contributed by atoms with Crippen LogP contribution >= 0.6 is 0 Å².